The fraction of sp³-hybridized carbons (Fsp3) is 0.765. The molecule has 0 aliphatic heterocycles. The Balaban J connectivity index is 1.57. The van der Waals surface area contributed by atoms with Crippen LogP contribution in [0.1, 0.15) is 56.5 Å². The van der Waals surface area contributed by atoms with Crippen LogP contribution in [0.5, 0.6) is 0 Å². The zero-order valence-corrected chi connectivity index (χ0v) is 11.8. The van der Waals surface area contributed by atoms with Gasteiger partial charge in [-0.3, -0.25) is 0 Å². The molecule has 2 heteroatoms. The van der Waals surface area contributed by atoms with E-state index in [2.05, 4.69) is 12.1 Å². The second kappa shape index (κ2) is 4.37. The summed E-state index contributed by atoms with van der Waals surface area (Å²) in [7, 11) is 0. The smallest absolute Gasteiger partial charge is 0.107 e. The molecule has 4 aliphatic carbocycles. The van der Waals surface area contributed by atoms with Crippen molar-refractivity contribution in [2.75, 3.05) is 0 Å². The highest BCUT2D eigenvalue weighted by molar-refractivity contribution is 5.18. The molecule has 0 saturated heterocycles. The van der Waals surface area contributed by atoms with Gasteiger partial charge in [0.1, 0.15) is 11.5 Å². The lowest BCUT2D eigenvalue weighted by Crippen LogP contribution is -2.43. The third kappa shape index (κ3) is 2.05. The summed E-state index contributed by atoms with van der Waals surface area (Å²) < 4.78 is 6.14. The Hall–Kier alpha value is -0.760. The minimum absolute atomic E-state index is 0.192. The summed E-state index contributed by atoms with van der Waals surface area (Å²) in [5.74, 6) is 6.96. The van der Waals surface area contributed by atoms with Crippen molar-refractivity contribution in [1.82, 2.24) is 0 Å². The molecule has 4 aliphatic rings. The Morgan fingerprint density at radius 1 is 1.11 bits per heavy atom. The second-order valence-electron chi connectivity index (χ2n) is 7.44. The van der Waals surface area contributed by atoms with E-state index in [1.54, 1.807) is 0 Å². The third-order valence-electron chi connectivity index (χ3n) is 5.76. The summed E-state index contributed by atoms with van der Waals surface area (Å²) in [6, 6.07) is 4.59. The number of rotatable bonds is 3. The van der Waals surface area contributed by atoms with Crippen LogP contribution in [0.15, 0.2) is 16.5 Å². The number of nitrogens with two attached hydrogens (primary N) is 1. The van der Waals surface area contributed by atoms with Gasteiger partial charge in [0, 0.05) is 18.4 Å². The Labute approximate surface area is 115 Å². The van der Waals surface area contributed by atoms with Crippen LogP contribution in [-0.4, -0.2) is 6.04 Å². The van der Waals surface area contributed by atoms with E-state index in [-0.39, 0.29) is 6.04 Å². The highest BCUT2D eigenvalue weighted by atomic mass is 16.3. The van der Waals surface area contributed by atoms with Gasteiger partial charge in [-0.05, 0) is 74.8 Å². The highest BCUT2D eigenvalue weighted by Crippen LogP contribution is 2.59. The van der Waals surface area contributed by atoms with Gasteiger partial charge in [-0.25, -0.2) is 0 Å². The van der Waals surface area contributed by atoms with Crippen LogP contribution in [0.3, 0.4) is 0 Å². The van der Waals surface area contributed by atoms with Gasteiger partial charge in [-0.1, -0.05) is 0 Å². The molecule has 1 heterocycles. The van der Waals surface area contributed by atoms with Gasteiger partial charge in [-0.2, -0.15) is 0 Å². The molecule has 1 aromatic heterocycles. The molecule has 1 aromatic rings. The molecule has 1 atom stereocenters. The zero-order valence-electron chi connectivity index (χ0n) is 11.8. The van der Waals surface area contributed by atoms with E-state index in [0.717, 1.165) is 41.8 Å². The first-order valence-electron chi connectivity index (χ1n) is 8.03. The minimum atomic E-state index is 0.192. The average molecular weight is 259 g/mol. The Kier molecular flexibility index (Phi) is 2.77. The standard InChI is InChI=1S/C17H25NO/c1-10(18)4-15-2-3-16(19-15)17-13-6-11-5-12(8-13)9-14(17)7-11/h2-3,10-14,17H,4-9,18H2,1H3. The predicted molar refractivity (Wildman–Crippen MR) is 75.8 cm³/mol. The summed E-state index contributed by atoms with van der Waals surface area (Å²) in [6.45, 7) is 2.05. The summed E-state index contributed by atoms with van der Waals surface area (Å²) in [5, 5.41) is 0. The van der Waals surface area contributed by atoms with Crippen LogP contribution in [0.25, 0.3) is 0 Å². The largest absolute Gasteiger partial charge is 0.466 e. The molecule has 19 heavy (non-hydrogen) atoms. The number of furan rings is 1. The Morgan fingerprint density at radius 3 is 2.32 bits per heavy atom. The Morgan fingerprint density at radius 2 is 1.74 bits per heavy atom. The lowest BCUT2D eigenvalue weighted by Gasteiger charge is -2.53. The molecule has 2 nitrogen and oxygen atoms in total. The van der Waals surface area contributed by atoms with Gasteiger partial charge in [0.25, 0.3) is 0 Å². The first kappa shape index (κ1) is 12.0. The van der Waals surface area contributed by atoms with Crippen molar-refractivity contribution < 1.29 is 4.42 Å². The number of hydrogen-bond donors (Lipinski definition) is 1. The summed E-state index contributed by atoms with van der Waals surface area (Å²) >= 11 is 0. The van der Waals surface area contributed by atoms with E-state index in [1.807, 2.05) is 6.92 Å². The molecule has 4 bridgehead atoms. The quantitative estimate of drug-likeness (QED) is 0.898. The maximum Gasteiger partial charge on any atom is 0.107 e. The zero-order chi connectivity index (χ0) is 13.0. The van der Waals surface area contributed by atoms with E-state index in [1.165, 1.54) is 37.9 Å². The molecular formula is C17H25NO. The molecular weight excluding hydrogens is 234 g/mol. The van der Waals surface area contributed by atoms with E-state index < -0.39 is 0 Å². The second-order valence-corrected chi connectivity index (χ2v) is 7.44. The summed E-state index contributed by atoms with van der Waals surface area (Å²) in [5.41, 5.74) is 5.87. The van der Waals surface area contributed by atoms with Crippen molar-refractivity contribution in [1.29, 1.82) is 0 Å². The predicted octanol–water partition coefficient (Wildman–Crippen LogP) is 3.71. The van der Waals surface area contributed by atoms with Gasteiger partial charge in [0.2, 0.25) is 0 Å². The topological polar surface area (TPSA) is 39.2 Å². The highest BCUT2D eigenvalue weighted by Gasteiger charge is 2.49. The fourth-order valence-corrected chi connectivity index (χ4v) is 5.39. The fourth-order valence-electron chi connectivity index (χ4n) is 5.39. The van der Waals surface area contributed by atoms with Gasteiger partial charge < -0.3 is 10.2 Å². The van der Waals surface area contributed by atoms with Crippen molar-refractivity contribution in [3.8, 4) is 0 Å². The lowest BCUT2D eigenvalue weighted by molar-refractivity contribution is -0.00992. The first-order chi connectivity index (χ1) is 9.19. The molecule has 1 unspecified atom stereocenters. The normalized spacial score (nSPS) is 41.7. The van der Waals surface area contributed by atoms with Gasteiger partial charge >= 0.3 is 0 Å². The molecule has 0 amide bonds. The van der Waals surface area contributed by atoms with E-state index in [0.29, 0.717) is 0 Å². The van der Waals surface area contributed by atoms with Crippen molar-refractivity contribution in [2.45, 2.75) is 57.4 Å². The third-order valence-corrected chi connectivity index (χ3v) is 5.76. The van der Waals surface area contributed by atoms with Crippen LogP contribution < -0.4 is 5.73 Å². The van der Waals surface area contributed by atoms with Crippen LogP contribution in [-0.2, 0) is 6.42 Å². The van der Waals surface area contributed by atoms with Gasteiger partial charge in [0.15, 0.2) is 0 Å². The molecule has 4 fully saturated rings. The maximum atomic E-state index is 6.14. The molecule has 0 aromatic carbocycles. The van der Waals surface area contributed by atoms with Crippen LogP contribution in [0.2, 0.25) is 0 Å². The van der Waals surface area contributed by atoms with Crippen molar-refractivity contribution >= 4 is 0 Å². The average Bonchev–Trinajstić information content (AvgIpc) is 2.75. The minimum Gasteiger partial charge on any atom is -0.466 e. The van der Waals surface area contributed by atoms with E-state index in [9.17, 15) is 0 Å². The van der Waals surface area contributed by atoms with Crippen LogP contribution >= 0.6 is 0 Å². The molecule has 4 saturated carbocycles. The molecule has 5 rings (SSSR count). The van der Waals surface area contributed by atoms with E-state index >= 15 is 0 Å². The molecule has 0 spiro atoms. The van der Waals surface area contributed by atoms with Crippen molar-refractivity contribution in [2.24, 2.45) is 29.4 Å². The van der Waals surface area contributed by atoms with Crippen molar-refractivity contribution in [3.63, 3.8) is 0 Å². The molecule has 2 N–H and O–H groups in total. The Bertz CT molecular complexity index is 434. The van der Waals surface area contributed by atoms with E-state index in [4.69, 9.17) is 10.2 Å². The summed E-state index contributed by atoms with van der Waals surface area (Å²) in [6.07, 6.45) is 8.23. The summed E-state index contributed by atoms with van der Waals surface area (Å²) in [4.78, 5) is 0. The molecule has 104 valence electrons. The first-order valence-corrected chi connectivity index (χ1v) is 8.03. The maximum absolute atomic E-state index is 6.14. The monoisotopic (exact) mass is 259 g/mol. The van der Waals surface area contributed by atoms with Gasteiger partial charge in [-0.15, -0.1) is 0 Å². The molecule has 0 radical (unpaired) electrons. The van der Waals surface area contributed by atoms with Crippen molar-refractivity contribution in [3.05, 3.63) is 23.7 Å². The number of hydrogen-bond acceptors (Lipinski definition) is 2. The van der Waals surface area contributed by atoms with Crippen LogP contribution in [0, 0.1) is 23.7 Å². The lowest BCUT2D eigenvalue weighted by atomic mass is 9.51. The van der Waals surface area contributed by atoms with Gasteiger partial charge in [0.05, 0.1) is 0 Å². The SMILES string of the molecule is CC(N)Cc1ccc(C2C3CC4CC(C3)CC2C4)o1. The van der Waals surface area contributed by atoms with Crippen LogP contribution in [0.4, 0.5) is 0 Å².